The number of nitrogens with zero attached hydrogens (tertiary/aromatic N) is 1. The Morgan fingerprint density at radius 3 is 2.59 bits per heavy atom. The Labute approximate surface area is 125 Å². The number of carbonyl (C=O) groups is 1. The highest BCUT2D eigenvalue weighted by Gasteiger charge is 2.19. The Balaban J connectivity index is 2.39. The molecule has 114 valence electrons. The van der Waals surface area contributed by atoms with Gasteiger partial charge in [0.25, 0.3) is 5.91 Å². The number of halogens is 1. The summed E-state index contributed by atoms with van der Waals surface area (Å²) in [5.41, 5.74) is 0.204. The Hall–Kier alpha value is -2.96. The van der Waals surface area contributed by atoms with Gasteiger partial charge in [0, 0.05) is 24.7 Å². The normalized spacial score (nSPS) is 10.1. The average molecular weight is 304 g/mol. The van der Waals surface area contributed by atoms with Gasteiger partial charge >= 0.3 is 5.69 Å². The van der Waals surface area contributed by atoms with Crippen molar-refractivity contribution in [2.24, 2.45) is 0 Å². The van der Waals surface area contributed by atoms with E-state index in [2.05, 4.69) is 5.32 Å². The van der Waals surface area contributed by atoms with Gasteiger partial charge in [-0.15, -0.1) is 0 Å². The molecule has 0 heterocycles. The van der Waals surface area contributed by atoms with Gasteiger partial charge in [-0.2, -0.15) is 0 Å². The van der Waals surface area contributed by atoms with Crippen molar-refractivity contribution in [2.45, 2.75) is 6.92 Å². The molecule has 2 aromatic rings. The highest BCUT2D eigenvalue weighted by Crippen LogP contribution is 2.32. The number of aryl methyl sites for hydroxylation is 1. The van der Waals surface area contributed by atoms with Crippen LogP contribution in [0.1, 0.15) is 15.9 Å². The molecule has 0 aliphatic carbocycles. The molecule has 0 saturated carbocycles. The molecular weight excluding hydrogens is 291 g/mol. The van der Waals surface area contributed by atoms with Crippen molar-refractivity contribution < 1.29 is 18.8 Å². The van der Waals surface area contributed by atoms with E-state index < -0.39 is 16.6 Å². The van der Waals surface area contributed by atoms with Crippen molar-refractivity contribution >= 4 is 11.6 Å². The van der Waals surface area contributed by atoms with Gasteiger partial charge < -0.3 is 10.1 Å². The number of benzene rings is 2. The lowest BCUT2D eigenvalue weighted by atomic mass is 10.1. The SMILES string of the molecule is CNC(=O)c1ccc(Oc2ccc(C)c(F)c2)c([N+](=O)[O-])c1. The minimum Gasteiger partial charge on any atom is -0.450 e. The summed E-state index contributed by atoms with van der Waals surface area (Å²) in [7, 11) is 1.42. The molecule has 2 aromatic carbocycles. The topological polar surface area (TPSA) is 81.5 Å². The van der Waals surface area contributed by atoms with Crippen LogP contribution in [0.4, 0.5) is 10.1 Å². The molecule has 0 bridgehead atoms. The van der Waals surface area contributed by atoms with E-state index >= 15 is 0 Å². The molecule has 0 saturated heterocycles. The van der Waals surface area contributed by atoms with Crippen molar-refractivity contribution in [3.05, 3.63) is 63.5 Å². The highest BCUT2D eigenvalue weighted by atomic mass is 19.1. The lowest BCUT2D eigenvalue weighted by Gasteiger charge is -2.08. The van der Waals surface area contributed by atoms with Crippen molar-refractivity contribution in [1.29, 1.82) is 0 Å². The molecular formula is C15H13FN2O4. The molecule has 0 atom stereocenters. The van der Waals surface area contributed by atoms with Crippen LogP contribution in [0.3, 0.4) is 0 Å². The van der Waals surface area contributed by atoms with E-state index in [4.69, 9.17) is 4.74 Å². The van der Waals surface area contributed by atoms with Gasteiger partial charge in [0.2, 0.25) is 5.75 Å². The zero-order valence-electron chi connectivity index (χ0n) is 11.9. The Morgan fingerprint density at radius 2 is 2.00 bits per heavy atom. The summed E-state index contributed by atoms with van der Waals surface area (Å²) >= 11 is 0. The van der Waals surface area contributed by atoms with Crippen molar-refractivity contribution in [3.8, 4) is 11.5 Å². The average Bonchev–Trinajstić information content (AvgIpc) is 2.50. The first-order chi connectivity index (χ1) is 10.4. The summed E-state index contributed by atoms with van der Waals surface area (Å²) in [6.07, 6.45) is 0. The summed E-state index contributed by atoms with van der Waals surface area (Å²) < 4.78 is 18.9. The van der Waals surface area contributed by atoms with Gasteiger partial charge in [-0.25, -0.2) is 4.39 Å². The van der Waals surface area contributed by atoms with Crippen molar-refractivity contribution in [3.63, 3.8) is 0 Å². The third-order valence-corrected chi connectivity index (χ3v) is 3.02. The maximum absolute atomic E-state index is 13.5. The maximum Gasteiger partial charge on any atom is 0.312 e. The number of hydrogen-bond acceptors (Lipinski definition) is 4. The number of hydrogen-bond donors (Lipinski definition) is 1. The summed E-state index contributed by atoms with van der Waals surface area (Å²) in [5, 5.41) is 13.5. The molecule has 7 heteroatoms. The van der Waals surface area contributed by atoms with E-state index in [0.717, 1.165) is 12.1 Å². The zero-order chi connectivity index (χ0) is 16.3. The first-order valence-electron chi connectivity index (χ1n) is 6.37. The lowest BCUT2D eigenvalue weighted by molar-refractivity contribution is -0.385. The van der Waals surface area contributed by atoms with Gasteiger partial charge in [0.15, 0.2) is 0 Å². The second kappa shape index (κ2) is 6.21. The lowest BCUT2D eigenvalue weighted by Crippen LogP contribution is -2.17. The van der Waals surface area contributed by atoms with Crippen molar-refractivity contribution in [1.82, 2.24) is 5.32 Å². The van der Waals surface area contributed by atoms with Gasteiger partial charge in [0.1, 0.15) is 11.6 Å². The van der Waals surface area contributed by atoms with Gasteiger partial charge in [0.05, 0.1) is 4.92 Å². The molecule has 22 heavy (non-hydrogen) atoms. The molecule has 0 unspecified atom stereocenters. The fourth-order valence-electron chi connectivity index (χ4n) is 1.80. The molecule has 0 aliphatic heterocycles. The smallest absolute Gasteiger partial charge is 0.312 e. The van der Waals surface area contributed by atoms with Gasteiger partial charge in [-0.3, -0.25) is 14.9 Å². The number of carbonyl (C=O) groups excluding carboxylic acids is 1. The largest absolute Gasteiger partial charge is 0.450 e. The zero-order valence-corrected chi connectivity index (χ0v) is 11.9. The Bertz CT molecular complexity index is 746. The number of nitro benzene ring substituents is 1. The fraction of sp³-hybridized carbons (Fsp3) is 0.133. The molecule has 0 radical (unpaired) electrons. The highest BCUT2D eigenvalue weighted by molar-refractivity contribution is 5.95. The Morgan fingerprint density at radius 1 is 1.27 bits per heavy atom. The van der Waals surface area contributed by atoms with E-state index in [1.165, 1.54) is 31.3 Å². The maximum atomic E-state index is 13.5. The number of ether oxygens (including phenoxy) is 1. The molecule has 0 aliphatic rings. The van der Waals surface area contributed by atoms with Crippen LogP contribution in [0.25, 0.3) is 0 Å². The fourth-order valence-corrected chi connectivity index (χ4v) is 1.80. The number of nitrogens with one attached hydrogen (secondary N) is 1. The van der Waals surface area contributed by atoms with Crippen molar-refractivity contribution in [2.75, 3.05) is 7.05 Å². The Kier molecular flexibility index (Phi) is 4.36. The van der Waals surface area contributed by atoms with Crippen LogP contribution in [0.2, 0.25) is 0 Å². The van der Waals surface area contributed by atoms with E-state index in [0.29, 0.717) is 5.56 Å². The van der Waals surface area contributed by atoms with Crippen LogP contribution in [-0.2, 0) is 0 Å². The quantitative estimate of drug-likeness (QED) is 0.694. The van der Waals surface area contributed by atoms with E-state index in [1.807, 2.05) is 0 Å². The predicted octanol–water partition coefficient (Wildman–Crippen LogP) is 3.19. The second-order valence-corrected chi connectivity index (χ2v) is 4.53. The summed E-state index contributed by atoms with van der Waals surface area (Å²) in [6.45, 7) is 1.60. The summed E-state index contributed by atoms with van der Waals surface area (Å²) in [6, 6.07) is 7.97. The van der Waals surface area contributed by atoms with Crippen LogP contribution in [0.15, 0.2) is 36.4 Å². The molecule has 0 fully saturated rings. The van der Waals surface area contributed by atoms with Crippen LogP contribution in [0.5, 0.6) is 11.5 Å². The second-order valence-electron chi connectivity index (χ2n) is 4.53. The van der Waals surface area contributed by atoms with Gasteiger partial charge in [-0.05, 0) is 30.7 Å². The predicted molar refractivity (Wildman–Crippen MR) is 77.7 cm³/mol. The van der Waals surface area contributed by atoms with Crippen LogP contribution in [-0.4, -0.2) is 17.9 Å². The molecule has 0 aromatic heterocycles. The minimum absolute atomic E-state index is 0.0686. The van der Waals surface area contributed by atoms with Crippen LogP contribution in [0, 0.1) is 22.9 Å². The van der Waals surface area contributed by atoms with Gasteiger partial charge in [-0.1, -0.05) is 6.07 Å². The molecule has 1 amide bonds. The number of rotatable bonds is 4. The number of amides is 1. The molecule has 0 spiro atoms. The van der Waals surface area contributed by atoms with Crippen LogP contribution < -0.4 is 10.1 Å². The first-order valence-corrected chi connectivity index (χ1v) is 6.37. The molecule has 1 N–H and O–H groups in total. The summed E-state index contributed by atoms with van der Waals surface area (Å²) in [4.78, 5) is 22.0. The van der Waals surface area contributed by atoms with Crippen LogP contribution >= 0.6 is 0 Å². The van der Waals surface area contributed by atoms with E-state index in [9.17, 15) is 19.3 Å². The first kappa shape index (κ1) is 15.4. The summed E-state index contributed by atoms with van der Waals surface area (Å²) in [5.74, 6) is -0.849. The number of nitro groups is 1. The van der Waals surface area contributed by atoms with E-state index in [-0.39, 0.29) is 22.7 Å². The third-order valence-electron chi connectivity index (χ3n) is 3.02. The van der Waals surface area contributed by atoms with E-state index in [1.54, 1.807) is 6.92 Å². The third kappa shape index (κ3) is 3.20. The monoisotopic (exact) mass is 304 g/mol. The standard InChI is InChI=1S/C15H13FN2O4/c1-9-3-5-11(8-12(9)16)22-14-6-4-10(15(19)17-2)7-13(14)18(20)21/h3-8H,1-2H3,(H,17,19). The molecule has 2 rings (SSSR count). The minimum atomic E-state index is -0.660. The molecule has 6 nitrogen and oxygen atoms in total.